The maximum absolute atomic E-state index is 12.0. The van der Waals surface area contributed by atoms with E-state index in [0.717, 1.165) is 18.7 Å². The van der Waals surface area contributed by atoms with Gasteiger partial charge in [0.15, 0.2) is 0 Å². The van der Waals surface area contributed by atoms with Crippen LogP contribution >= 0.6 is 0 Å². The number of furan rings is 1. The second-order valence-electron chi connectivity index (χ2n) is 6.66. The molecule has 0 saturated carbocycles. The molecule has 1 atom stereocenters. The van der Waals surface area contributed by atoms with Gasteiger partial charge >= 0.3 is 6.09 Å². The van der Waals surface area contributed by atoms with E-state index in [1.165, 1.54) is 5.57 Å². The second-order valence-corrected chi connectivity index (χ2v) is 6.66. The number of carbonyl (C=O) groups excluding carboxylic acids is 1. The first-order valence-corrected chi connectivity index (χ1v) is 7.78. The van der Waals surface area contributed by atoms with Gasteiger partial charge in [-0.25, -0.2) is 4.79 Å². The Morgan fingerprint density at radius 2 is 2.27 bits per heavy atom. The minimum atomic E-state index is -0.443. The molecule has 1 aromatic rings. The molecule has 122 valence electrons. The van der Waals surface area contributed by atoms with Crippen LogP contribution < -0.4 is 5.32 Å². The van der Waals surface area contributed by atoms with Gasteiger partial charge in [-0.2, -0.15) is 0 Å². The van der Waals surface area contributed by atoms with E-state index in [0.29, 0.717) is 13.1 Å². The largest absolute Gasteiger partial charge is 0.468 e. The maximum Gasteiger partial charge on any atom is 0.410 e. The molecule has 0 aromatic carbocycles. The van der Waals surface area contributed by atoms with Crippen LogP contribution in [-0.4, -0.2) is 36.2 Å². The summed E-state index contributed by atoms with van der Waals surface area (Å²) < 4.78 is 10.8. The highest BCUT2D eigenvalue weighted by molar-refractivity contribution is 5.68. The quantitative estimate of drug-likeness (QED) is 0.865. The molecule has 1 unspecified atom stereocenters. The molecular formula is C17H26N2O3. The number of hydrogen-bond donors (Lipinski definition) is 1. The van der Waals surface area contributed by atoms with Gasteiger partial charge in [-0.15, -0.1) is 0 Å². The van der Waals surface area contributed by atoms with Gasteiger partial charge in [0.05, 0.1) is 12.3 Å². The van der Waals surface area contributed by atoms with Crippen LogP contribution in [0.4, 0.5) is 4.79 Å². The highest BCUT2D eigenvalue weighted by atomic mass is 16.6. The van der Waals surface area contributed by atoms with Crippen molar-refractivity contribution >= 4 is 6.09 Å². The molecule has 2 rings (SSSR count). The predicted octanol–water partition coefficient (Wildman–Crippen LogP) is 3.50. The Bertz CT molecular complexity index is 515. The number of ether oxygens (including phenoxy) is 1. The highest BCUT2D eigenvalue weighted by Crippen LogP contribution is 2.17. The first kappa shape index (κ1) is 16.6. The first-order valence-electron chi connectivity index (χ1n) is 7.78. The molecule has 5 heteroatoms. The predicted molar refractivity (Wildman–Crippen MR) is 85.6 cm³/mol. The van der Waals surface area contributed by atoms with Crippen LogP contribution in [0.5, 0.6) is 0 Å². The van der Waals surface area contributed by atoms with E-state index in [9.17, 15) is 4.79 Å². The lowest BCUT2D eigenvalue weighted by molar-refractivity contribution is 0.0265. The molecule has 22 heavy (non-hydrogen) atoms. The van der Waals surface area contributed by atoms with Crippen LogP contribution in [-0.2, 0) is 4.74 Å². The minimum Gasteiger partial charge on any atom is -0.468 e. The average Bonchev–Trinajstić information content (AvgIpc) is 2.97. The van der Waals surface area contributed by atoms with Crippen molar-refractivity contribution in [1.82, 2.24) is 10.2 Å². The topological polar surface area (TPSA) is 54.7 Å². The molecule has 1 N–H and O–H groups in total. The fraction of sp³-hybridized carbons (Fsp3) is 0.588. The summed E-state index contributed by atoms with van der Waals surface area (Å²) in [6.45, 7) is 9.86. The summed E-state index contributed by atoms with van der Waals surface area (Å²) in [6, 6.07) is 4.04. The molecule has 1 aliphatic heterocycles. The van der Waals surface area contributed by atoms with E-state index in [2.05, 4.69) is 18.3 Å². The van der Waals surface area contributed by atoms with Crippen molar-refractivity contribution in [2.75, 3.05) is 19.6 Å². The number of carbonyl (C=O) groups is 1. The summed E-state index contributed by atoms with van der Waals surface area (Å²) in [6.07, 6.45) is 4.43. The van der Waals surface area contributed by atoms with Gasteiger partial charge in [0.2, 0.25) is 0 Å². The third kappa shape index (κ3) is 4.91. The molecule has 0 spiro atoms. The Kier molecular flexibility index (Phi) is 5.29. The van der Waals surface area contributed by atoms with E-state index in [-0.39, 0.29) is 12.1 Å². The van der Waals surface area contributed by atoms with Crippen molar-refractivity contribution in [2.24, 2.45) is 0 Å². The van der Waals surface area contributed by atoms with E-state index in [4.69, 9.17) is 9.15 Å². The van der Waals surface area contributed by atoms with Gasteiger partial charge in [-0.05, 0) is 46.2 Å². The van der Waals surface area contributed by atoms with E-state index < -0.39 is 5.60 Å². The number of rotatable bonds is 4. The van der Waals surface area contributed by atoms with E-state index in [1.54, 1.807) is 11.2 Å². The van der Waals surface area contributed by atoms with Gasteiger partial charge in [-0.1, -0.05) is 11.6 Å². The molecule has 0 radical (unpaired) electrons. The lowest BCUT2D eigenvalue weighted by Crippen LogP contribution is -2.40. The van der Waals surface area contributed by atoms with E-state index >= 15 is 0 Å². The second kappa shape index (κ2) is 7.01. The fourth-order valence-corrected chi connectivity index (χ4v) is 2.29. The molecular weight excluding hydrogens is 280 g/mol. The van der Waals surface area contributed by atoms with Crippen molar-refractivity contribution in [1.29, 1.82) is 0 Å². The van der Waals surface area contributed by atoms with E-state index in [1.807, 2.05) is 32.9 Å². The smallest absolute Gasteiger partial charge is 0.410 e. The zero-order valence-electron chi connectivity index (χ0n) is 13.9. The maximum atomic E-state index is 12.0. The Morgan fingerprint density at radius 1 is 1.50 bits per heavy atom. The molecule has 1 aromatic heterocycles. The third-order valence-electron chi connectivity index (χ3n) is 3.56. The Hall–Kier alpha value is -1.75. The molecule has 0 bridgehead atoms. The number of nitrogens with one attached hydrogen (secondary N) is 1. The Labute approximate surface area is 132 Å². The monoisotopic (exact) mass is 306 g/mol. The van der Waals surface area contributed by atoms with Crippen LogP contribution in [0.2, 0.25) is 0 Å². The van der Waals surface area contributed by atoms with Gasteiger partial charge in [0.1, 0.15) is 11.4 Å². The van der Waals surface area contributed by atoms with Crippen molar-refractivity contribution in [3.05, 3.63) is 35.8 Å². The number of amides is 1. The number of nitrogens with zero attached hydrogens (tertiary/aromatic N) is 1. The summed E-state index contributed by atoms with van der Waals surface area (Å²) in [5, 5.41) is 3.44. The van der Waals surface area contributed by atoms with Gasteiger partial charge < -0.3 is 19.4 Å². The first-order chi connectivity index (χ1) is 10.3. The standard InChI is InChI=1S/C17H26N2O3/c1-13(15-6-5-11-21-15)18-12-14-7-9-19(10-8-14)16(20)22-17(2,3)4/h5-7,11,13,18H,8-10,12H2,1-4H3. The van der Waals surface area contributed by atoms with Crippen LogP contribution in [0, 0.1) is 0 Å². The van der Waals surface area contributed by atoms with Gasteiger partial charge in [0, 0.05) is 19.6 Å². The van der Waals surface area contributed by atoms with Crippen molar-refractivity contribution < 1.29 is 13.9 Å². The summed E-state index contributed by atoms with van der Waals surface area (Å²) in [4.78, 5) is 13.7. The molecule has 1 amide bonds. The van der Waals surface area contributed by atoms with Crippen LogP contribution in [0.1, 0.15) is 45.9 Å². The fourth-order valence-electron chi connectivity index (χ4n) is 2.29. The molecule has 0 aliphatic carbocycles. The normalized spacial score (nSPS) is 17.1. The molecule has 5 nitrogen and oxygen atoms in total. The van der Waals surface area contributed by atoms with Gasteiger partial charge in [0.25, 0.3) is 0 Å². The van der Waals surface area contributed by atoms with Gasteiger partial charge in [-0.3, -0.25) is 0 Å². The minimum absolute atomic E-state index is 0.180. The highest BCUT2D eigenvalue weighted by Gasteiger charge is 2.23. The summed E-state index contributed by atoms with van der Waals surface area (Å²) in [5.74, 6) is 0.937. The summed E-state index contributed by atoms with van der Waals surface area (Å²) >= 11 is 0. The Balaban J connectivity index is 1.78. The third-order valence-corrected chi connectivity index (χ3v) is 3.56. The summed E-state index contributed by atoms with van der Waals surface area (Å²) in [7, 11) is 0. The zero-order chi connectivity index (χ0) is 16.2. The Morgan fingerprint density at radius 3 is 2.82 bits per heavy atom. The van der Waals surface area contributed by atoms with Crippen LogP contribution in [0.25, 0.3) is 0 Å². The van der Waals surface area contributed by atoms with Crippen molar-refractivity contribution in [3.8, 4) is 0 Å². The molecule has 0 fully saturated rings. The lowest BCUT2D eigenvalue weighted by Gasteiger charge is -2.29. The van der Waals surface area contributed by atoms with Crippen LogP contribution in [0.3, 0.4) is 0 Å². The zero-order valence-corrected chi connectivity index (χ0v) is 13.9. The van der Waals surface area contributed by atoms with Crippen LogP contribution in [0.15, 0.2) is 34.5 Å². The summed E-state index contributed by atoms with van der Waals surface area (Å²) in [5.41, 5.74) is 0.874. The SMILES string of the molecule is CC(NCC1=CCN(C(=O)OC(C)(C)C)CC1)c1ccco1. The molecule has 2 heterocycles. The average molecular weight is 306 g/mol. The molecule has 0 saturated heterocycles. The van der Waals surface area contributed by atoms with Crippen molar-refractivity contribution in [3.63, 3.8) is 0 Å². The lowest BCUT2D eigenvalue weighted by atomic mass is 10.1. The van der Waals surface area contributed by atoms with Crippen molar-refractivity contribution in [2.45, 2.75) is 45.8 Å². The molecule has 1 aliphatic rings. The number of hydrogen-bond acceptors (Lipinski definition) is 4.